The lowest BCUT2D eigenvalue weighted by Gasteiger charge is -2.06. The maximum absolute atomic E-state index is 4.53. The summed E-state index contributed by atoms with van der Waals surface area (Å²) < 4.78 is 1.89. The smallest absolute Gasteiger partial charge is 0.0976 e. The SMILES string of the molecule is CC(C)CNCc1cn(C)nc1-c1ccsc1. The highest BCUT2D eigenvalue weighted by Gasteiger charge is 2.10. The first-order valence-corrected chi connectivity index (χ1v) is 6.87. The summed E-state index contributed by atoms with van der Waals surface area (Å²) in [5, 5.41) is 12.2. The van der Waals surface area contributed by atoms with Crippen molar-refractivity contribution >= 4 is 11.3 Å². The zero-order valence-corrected chi connectivity index (χ0v) is 11.4. The van der Waals surface area contributed by atoms with Crippen molar-refractivity contribution in [3.8, 4) is 11.3 Å². The van der Waals surface area contributed by atoms with Gasteiger partial charge in [0.05, 0.1) is 5.69 Å². The molecule has 0 radical (unpaired) electrons. The second kappa shape index (κ2) is 5.47. The maximum Gasteiger partial charge on any atom is 0.0976 e. The summed E-state index contributed by atoms with van der Waals surface area (Å²) in [4.78, 5) is 0. The Morgan fingerprint density at radius 1 is 1.47 bits per heavy atom. The molecule has 4 heteroatoms. The van der Waals surface area contributed by atoms with Gasteiger partial charge in [0.25, 0.3) is 0 Å². The highest BCUT2D eigenvalue weighted by atomic mass is 32.1. The third kappa shape index (κ3) is 3.17. The van der Waals surface area contributed by atoms with Crippen LogP contribution in [0.1, 0.15) is 19.4 Å². The van der Waals surface area contributed by atoms with Gasteiger partial charge in [0.1, 0.15) is 0 Å². The van der Waals surface area contributed by atoms with Gasteiger partial charge in [0.2, 0.25) is 0 Å². The van der Waals surface area contributed by atoms with Crippen LogP contribution in [0.15, 0.2) is 23.0 Å². The molecule has 17 heavy (non-hydrogen) atoms. The lowest BCUT2D eigenvalue weighted by atomic mass is 10.1. The molecule has 0 aliphatic carbocycles. The first-order valence-electron chi connectivity index (χ1n) is 5.92. The summed E-state index contributed by atoms with van der Waals surface area (Å²) in [7, 11) is 1.97. The Morgan fingerprint density at radius 2 is 2.29 bits per heavy atom. The molecule has 3 nitrogen and oxygen atoms in total. The molecule has 0 aliphatic rings. The van der Waals surface area contributed by atoms with E-state index in [1.807, 2.05) is 11.7 Å². The van der Waals surface area contributed by atoms with Gasteiger partial charge >= 0.3 is 0 Å². The molecule has 0 bridgehead atoms. The van der Waals surface area contributed by atoms with Crippen molar-refractivity contribution < 1.29 is 0 Å². The highest BCUT2D eigenvalue weighted by Crippen LogP contribution is 2.24. The van der Waals surface area contributed by atoms with E-state index in [1.165, 1.54) is 11.1 Å². The van der Waals surface area contributed by atoms with E-state index < -0.39 is 0 Å². The molecule has 0 amide bonds. The van der Waals surface area contributed by atoms with Gasteiger partial charge in [-0.25, -0.2) is 0 Å². The molecule has 1 N–H and O–H groups in total. The largest absolute Gasteiger partial charge is 0.312 e. The average Bonchev–Trinajstić information content (AvgIpc) is 2.86. The number of aromatic nitrogens is 2. The predicted molar refractivity (Wildman–Crippen MR) is 73.1 cm³/mol. The summed E-state index contributed by atoms with van der Waals surface area (Å²) in [5.41, 5.74) is 3.59. The van der Waals surface area contributed by atoms with E-state index in [2.05, 4.69) is 47.3 Å². The topological polar surface area (TPSA) is 29.9 Å². The Hall–Kier alpha value is -1.13. The Morgan fingerprint density at radius 3 is 2.94 bits per heavy atom. The van der Waals surface area contributed by atoms with Gasteiger partial charge in [-0.15, -0.1) is 0 Å². The van der Waals surface area contributed by atoms with Gasteiger partial charge in [0, 0.05) is 36.3 Å². The van der Waals surface area contributed by atoms with Gasteiger partial charge in [-0.3, -0.25) is 4.68 Å². The molecule has 0 saturated heterocycles. The van der Waals surface area contributed by atoms with E-state index in [0.717, 1.165) is 18.8 Å². The van der Waals surface area contributed by atoms with Crippen molar-refractivity contribution in [2.24, 2.45) is 13.0 Å². The van der Waals surface area contributed by atoms with Crippen molar-refractivity contribution in [2.45, 2.75) is 20.4 Å². The van der Waals surface area contributed by atoms with E-state index in [9.17, 15) is 0 Å². The van der Waals surface area contributed by atoms with E-state index in [1.54, 1.807) is 11.3 Å². The molecular weight excluding hydrogens is 230 g/mol. The Bertz CT molecular complexity index is 457. The van der Waals surface area contributed by atoms with E-state index in [4.69, 9.17) is 0 Å². The number of nitrogens with zero attached hydrogens (tertiary/aromatic N) is 2. The summed E-state index contributed by atoms with van der Waals surface area (Å²) in [6.45, 7) is 6.36. The molecule has 0 saturated carbocycles. The molecule has 0 fully saturated rings. The molecule has 2 heterocycles. The molecule has 2 aromatic rings. The molecule has 0 spiro atoms. The molecule has 0 unspecified atom stereocenters. The lowest BCUT2D eigenvalue weighted by molar-refractivity contribution is 0.552. The second-order valence-electron chi connectivity index (χ2n) is 4.71. The molecule has 2 rings (SSSR count). The number of nitrogens with one attached hydrogen (secondary N) is 1. The van der Waals surface area contributed by atoms with Crippen LogP contribution in [0.5, 0.6) is 0 Å². The first kappa shape index (κ1) is 12.3. The summed E-state index contributed by atoms with van der Waals surface area (Å²) in [6, 6.07) is 2.12. The van der Waals surface area contributed by atoms with Gasteiger partial charge < -0.3 is 5.32 Å². The van der Waals surface area contributed by atoms with Gasteiger partial charge in [-0.2, -0.15) is 16.4 Å². The van der Waals surface area contributed by atoms with E-state index in [-0.39, 0.29) is 0 Å². The van der Waals surface area contributed by atoms with E-state index in [0.29, 0.717) is 5.92 Å². The number of rotatable bonds is 5. The zero-order chi connectivity index (χ0) is 12.3. The molecule has 92 valence electrons. The fourth-order valence-electron chi connectivity index (χ4n) is 1.80. The fraction of sp³-hybridized carbons (Fsp3) is 0.462. The predicted octanol–water partition coefficient (Wildman–Crippen LogP) is 2.89. The minimum atomic E-state index is 0.677. The van der Waals surface area contributed by atoms with Crippen LogP contribution in [0.4, 0.5) is 0 Å². The van der Waals surface area contributed by atoms with Gasteiger partial charge in [-0.05, 0) is 23.9 Å². The van der Waals surface area contributed by atoms with Gasteiger partial charge in [-0.1, -0.05) is 13.8 Å². The van der Waals surface area contributed by atoms with Crippen LogP contribution in [-0.4, -0.2) is 16.3 Å². The Balaban J connectivity index is 2.11. The Kier molecular flexibility index (Phi) is 3.97. The molecular formula is C13H19N3S. The van der Waals surface area contributed by atoms with Crippen LogP contribution in [-0.2, 0) is 13.6 Å². The maximum atomic E-state index is 4.53. The quantitative estimate of drug-likeness (QED) is 0.883. The van der Waals surface area contributed by atoms with Gasteiger partial charge in [0.15, 0.2) is 0 Å². The summed E-state index contributed by atoms with van der Waals surface area (Å²) >= 11 is 1.71. The second-order valence-corrected chi connectivity index (χ2v) is 5.49. The van der Waals surface area contributed by atoms with Crippen LogP contribution in [0.3, 0.4) is 0 Å². The molecule has 0 aromatic carbocycles. The lowest BCUT2D eigenvalue weighted by Crippen LogP contribution is -2.19. The van der Waals surface area contributed by atoms with Crippen LogP contribution >= 0.6 is 11.3 Å². The molecule has 2 aromatic heterocycles. The van der Waals surface area contributed by atoms with Crippen molar-refractivity contribution in [3.05, 3.63) is 28.6 Å². The first-order chi connectivity index (χ1) is 8.16. The third-order valence-corrected chi connectivity index (χ3v) is 3.25. The summed E-state index contributed by atoms with van der Waals surface area (Å²) in [6.07, 6.45) is 2.10. The van der Waals surface area contributed by atoms with Crippen molar-refractivity contribution in [3.63, 3.8) is 0 Å². The minimum Gasteiger partial charge on any atom is -0.312 e. The third-order valence-electron chi connectivity index (χ3n) is 2.57. The van der Waals surface area contributed by atoms with Crippen LogP contribution in [0.2, 0.25) is 0 Å². The van der Waals surface area contributed by atoms with Crippen molar-refractivity contribution in [1.82, 2.24) is 15.1 Å². The zero-order valence-electron chi connectivity index (χ0n) is 10.6. The van der Waals surface area contributed by atoms with Crippen LogP contribution in [0.25, 0.3) is 11.3 Å². The summed E-state index contributed by atoms with van der Waals surface area (Å²) in [5.74, 6) is 0.677. The minimum absolute atomic E-state index is 0.677. The van der Waals surface area contributed by atoms with Crippen molar-refractivity contribution in [2.75, 3.05) is 6.54 Å². The van der Waals surface area contributed by atoms with Crippen LogP contribution in [0, 0.1) is 5.92 Å². The number of thiophene rings is 1. The highest BCUT2D eigenvalue weighted by molar-refractivity contribution is 7.08. The molecule has 0 atom stereocenters. The van der Waals surface area contributed by atoms with Crippen molar-refractivity contribution in [1.29, 1.82) is 0 Å². The number of hydrogen-bond donors (Lipinski definition) is 1. The van der Waals surface area contributed by atoms with Crippen LogP contribution < -0.4 is 5.32 Å². The fourth-order valence-corrected chi connectivity index (χ4v) is 2.45. The monoisotopic (exact) mass is 249 g/mol. The Labute approximate surface area is 106 Å². The standard InChI is InChI=1S/C13H19N3S/c1-10(2)6-14-7-12-8-16(3)15-13(12)11-4-5-17-9-11/h4-5,8-10,14H,6-7H2,1-3H3. The van der Waals surface area contributed by atoms with E-state index >= 15 is 0 Å². The average molecular weight is 249 g/mol. The number of aryl methyl sites for hydroxylation is 1. The molecule has 0 aliphatic heterocycles. The normalized spacial score (nSPS) is 11.3. The number of hydrogen-bond acceptors (Lipinski definition) is 3.